The van der Waals surface area contributed by atoms with Crippen LogP contribution in [-0.4, -0.2) is 26.3 Å². The topological polar surface area (TPSA) is 86.0 Å². The highest BCUT2D eigenvalue weighted by Gasteiger charge is 2.20. The first-order valence-corrected chi connectivity index (χ1v) is 12.0. The Kier molecular flexibility index (Phi) is 5.89. The van der Waals surface area contributed by atoms with Crippen molar-refractivity contribution in [2.75, 3.05) is 6.26 Å². The first-order chi connectivity index (χ1) is 14.5. The Labute approximate surface area is 184 Å². The largest absolute Gasteiger partial charge is 0.350 e. The van der Waals surface area contributed by atoms with Gasteiger partial charge in [0.25, 0.3) is 5.56 Å². The van der Waals surface area contributed by atoms with E-state index in [1.54, 1.807) is 23.5 Å². The quantitative estimate of drug-likeness (QED) is 0.449. The Morgan fingerprint density at radius 1 is 1.20 bits per heavy atom. The van der Waals surface area contributed by atoms with Crippen molar-refractivity contribution in [2.45, 2.75) is 24.4 Å². The molecular weight excluding hydrogens is 440 g/mol. The second-order valence-corrected chi connectivity index (χ2v) is 9.62. The van der Waals surface area contributed by atoms with Gasteiger partial charge in [0.15, 0.2) is 9.99 Å². The predicted octanol–water partition coefficient (Wildman–Crippen LogP) is 3.02. The number of thiophene rings is 1. The van der Waals surface area contributed by atoms with E-state index in [2.05, 4.69) is 10.3 Å². The number of amides is 1. The van der Waals surface area contributed by atoms with E-state index < -0.39 is 11.2 Å². The number of thioether (sulfide) groups is 1. The Morgan fingerprint density at radius 3 is 2.63 bits per heavy atom. The Bertz CT molecular complexity index is 1320. The zero-order valence-electron chi connectivity index (χ0n) is 16.2. The van der Waals surface area contributed by atoms with Crippen molar-refractivity contribution in [3.63, 3.8) is 0 Å². The van der Waals surface area contributed by atoms with Crippen LogP contribution in [0.4, 0.5) is 0 Å². The van der Waals surface area contributed by atoms with Crippen molar-refractivity contribution in [1.29, 1.82) is 0 Å². The molecule has 0 radical (unpaired) electrons. The van der Waals surface area contributed by atoms with Crippen molar-refractivity contribution in [3.8, 4) is 5.69 Å². The van der Waals surface area contributed by atoms with Gasteiger partial charge < -0.3 is 5.32 Å². The maximum absolute atomic E-state index is 13.3. The van der Waals surface area contributed by atoms with Crippen molar-refractivity contribution in [1.82, 2.24) is 19.4 Å². The molecular formula is C20H18N4O3S3. The number of aryl methyl sites for hydroxylation is 1. The van der Waals surface area contributed by atoms with Gasteiger partial charge in [-0.2, -0.15) is 0 Å². The molecule has 7 nitrogen and oxygen atoms in total. The fourth-order valence-corrected chi connectivity index (χ4v) is 5.10. The molecule has 1 amide bonds. The lowest BCUT2D eigenvalue weighted by molar-refractivity contribution is -0.121. The van der Waals surface area contributed by atoms with E-state index in [9.17, 15) is 14.4 Å². The van der Waals surface area contributed by atoms with Crippen molar-refractivity contribution < 1.29 is 4.79 Å². The number of thiazole rings is 1. The number of hydrogen-bond donors (Lipinski definition) is 1. The lowest BCUT2D eigenvalue weighted by atomic mass is 10.2. The van der Waals surface area contributed by atoms with E-state index in [4.69, 9.17) is 0 Å². The zero-order chi connectivity index (χ0) is 21.3. The summed E-state index contributed by atoms with van der Waals surface area (Å²) in [7, 11) is 0. The number of benzene rings is 1. The molecule has 0 aliphatic heterocycles. The van der Waals surface area contributed by atoms with Gasteiger partial charge in [0.05, 0.1) is 12.2 Å². The minimum absolute atomic E-state index is 0.218. The lowest BCUT2D eigenvalue weighted by Gasteiger charge is -2.11. The molecule has 1 aromatic carbocycles. The van der Waals surface area contributed by atoms with Gasteiger partial charge in [0, 0.05) is 4.88 Å². The van der Waals surface area contributed by atoms with Crippen LogP contribution in [0.15, 0.2) is 55.7 Å². The molecule has 0 saturated heterocycles. The smallest absolute Gasteiger partial charge is 0.337 e. The Morgan fingerprint density at radius 2 is 1.97 bits per heavy atom. The van der Waals surface area contributed by atoms with Crippen molar-refractivity contribution in [2.24, 2.45) is 0 Å². The number of carbonyl (C=O) groups is 1. The summed E-state index contributed by atoms with van der Waals surface area (Å²) in [5.74, 6) is -0.320. The molecule has 0 bridgehead atoms. The lowest BCUT2D eigenvalue weighted by Crippen LogP contribution is -2.41. The number of hydrogen-bond acceptors (Lipinski definition) is 7. The van der Waals surface area contributed by atoms with Gasteiger partial charge in [-0.3, -0.25) is 14.2 Å². The van der Waals surface area contributed by atoms with Gasteiger partial charge >= 0.3 is 5.69 Å². The van der Waals surface area contributed by atoms with Gasteiger partial charge in [-0.25, -0.2) is 14.3 Å². The highest BCUT2D eigenvalue weighted by molar-refractivity contribution is 8.00. The molecule has 0 fully saturated rings. The monoisotopic (exact) mass is 458 g/mol. The van der Waals surface area contributed by atoms with Crippen molar-refractivity contribution >= 4 is 50.7 Å². The number of nitrogens with one attached hydrogen (secondary N) is 1. The number of nitrogens with zero attached hydrogens (tertiary/aromatic N) is 3. The van der Waals surface area contributed by atoms with E-state index in [1.165, 1.54) is 27.7 Å². The standard InChI is InChI=1S/C20H18N4O3S3/c1-12-5-7-13(8-6-12)24-18(26)16-17(22-19(28-2)30-16)23(20(24)27)11-15(25)21-10-14-4-3-9-29-14/h3-9H,10-11H2,1-2H3,(H,21,25). The number of aromatic nitrogens is 3. The summed E-state index contributed by atoms with van der Waals surface area (Å²) >= 11 is 4.16. The van der Waals surface area contributed by atoms with Gasteiger partial charge in [0.1, 0.15) is 11.2 Å². The third kappa shape index (κ3) is 3.98. The molecule has 0 spiro atoms. The number of fused-ring (bicyclic) bond motifs is 1. The van der Waals surface area contributed by atoms with Gasteiger partial charge in [0.2, 0.25) is 5.91 Å². The SMILES string of the molecule is CSc1nc2c(s1)c(=O)n(-c1ccc(C)cc1)c(=O)n2CC(=O)NCc1cccs1. The number of carbonyl (C=O) groups excluding carboxylic acids is 1. The van der Waals surface area contributed by atoms with Crippen LogP contribution < -0.4 is 16.6 Å². The average Bonchev–Trinajstić information content (AvgIpc) is 3.41. The van der Waals surface area contributed by atoms with E-state index >= 15 is 0 Å². The minimum Gasteiger partial charge on any atom is -0.350 e. The third-order valence-corrected chi connectivity index (χ3v) is 7.37. The summed E-state index contributed by atoms with van der Waals surface area (Å²) in [5, 5.41) is 4.76. The summed E-state index contributed by atoms with van der Waals surface area (Å²) in [6, 6.07) is 11.0. The molecule has 3 heterocycles. The van der Waals surface area contributed by atoms with Crippen LogP contribution in [0.1, 0.15) is 10.4 Å². The molecule has 0 aliphatic rings. The first kappa shape index (κ1) is 20.6. The average molecular weight is 459 g/mol. The van der Waals surface area contributed by atoms with Crippen LogP contribution in [0.25, 0.3) is 16.0 Å². The molecule has 4 rings (SSSR count). The summed E-state index contributed by atoms with van der Waals surface area (Å²) < 4.78 is 3.40. The molecule has 0 aliphatic carbocycles. The van der Waals surface area contributed by atoms with E-state index in [0.717, 1.165) is 15.0 Å². The summed E-state index contributed by atoms with van der Waals surface area (Å²) in [5.41, 5.74) is 0.717. The van der Waals surface area contributed by atoms with Crippen LogP contribution >= 0.6 is 34.4 Å². The zero-order valence-corrected chi connectivity index (χ0v) is 18.7. The Balaban J connectivity index is 1.79. The highest BCUT2D eigenvalue weighted by Crippen LogP contribution is 2.25. The van der Waals surface area contributed by atoms with Crippen molar-refractivity contribution in [3.05, 3.63) is 73.1 Å². The predicted molar refractivity (Wildman–Crippen MR) is 122 cm³/mol. The Hall–Kier alpha value is -2.69. The molecule has 3 aromatic heterocycles. The second kappa shape index (κ2) is 8.58. The van der Waals surface area contributed by atoms with Crippen LogP contribution in [0.2, 0.25) is 0 Å². The fraction of sp³-hybridized carbons (Fsp3) is 0.200. The molecule has 1 N–H and O–H groups in total. The summed E-state index contributed by atoms with van der Waals surface area (Å²) in [6.45, 7) is 2.10. The van der Waals surface area contributed by atoms with Crippen LogP contribution in [0.3, 0.4) is 0 Å². The minimum atomic E-state index is -0.583. The second-order valence-electron chi connectivity index (χ2n) is 6.54. The first-order valence-electron chi connectivity index (χ1n) is 9.04. The van der Waals surface area contributed by atoms with Crippen LogP contribution in [0, 0.1) is 6.92 Å². The fourth-order valence-electron chi connectivity index (χ4n) is 2.96. The number of rotatable bonds is 6. The molecule has 4 aromatic rings. The molecule has 154 valence electrons. The molecule has 30 heavy (non-hydrogen) atoms. The highest BCUT2D eigenvalue weighted by atomic mass is 32.2. The van der Waals surface area contributed by atoms with Gasteiger partial charge in [-0.15, -0.1) is 22.7 Å². The van der Waals surface area contributed by atoms with E-state index in [-0.39, 0.29) is 18.1 Å². The molecule has 0 atom stereocenters. The van der Waals surface area contributed by atoms with E-state index in [0.29, 0.717) is 21.3 Å². The van der Waals surface area contributed by atoms with Crippen LogP contribution in [-0.2, 0) is 17.9 Å². The summed E-state index contributed by atoms with van der Waals surface area (Å²) in [6.07, 6.45) is 1.85. The van der Waals surface area contributed by atoms with E-state index in [1.807, 2.05) is 42.8 Å². The molecule has 0 unspecified atom stereocenters. The molecule has 0 saturated carbocycles. The van der Waals surface area contributed by atoms with Gasteiger partial charge in [-0.05, 0) is 36.8 Å². The maximum Gasteiger partial charge on any atom is 0.337 e. The van der Waals surface area contributed by atoms with Crippen LogP contribution in [0.5, 0.6) is 0 Å². The third-order valence-electron chi connectivity index (χ3n) is 4.47. The normalized spacial score (nSPS) is 11.1. The van der Waals surface area contributed by atoms with Gasteiger partial charge in [-0.1, -0.05) is 35.5 Å². The summed E-state index contributed by atoms with van der Waals surface area (Å²) in [4.78, 5) is 44.4. The molecule has 10 heteroatoms. The maximum atomic E-state index is 13.3.